The van der Waals surface area contributed by atoms with Gasteiger partial charge in [-0.25, -0.2) is 17.6 Å². The van der Waals surface area contributed by atoms with Gasteiger partial charge in [-0.2, -0.15) is 0 Å². The van der Waals surface area contributed by atoms with Crippen molar-refractivity contribution in [2.75, 3.05) is 25.1 Å². The minimum atomic E-state index is -4.04. The van der Waals surface area contributed by atoms with E-state index in [0.717, 1.165) is 10.4 Å². The molecule has 0 atom stereocenters. The molecule has 0 unspecified atom stereocenters. The Morgan fingerprint density at radius 1 is 1.19 bits per heavy atom. The molecule has 0 aliphatic rings. The number of halogens is 1. The van der Waals surface area contributed by atoms with Crippen LogP contribution in [-0.4, -0.2) is 35.2 Å². The molecule has 8 heteroatoms. The first-order valence-electron chi connectivity index (χ1n) is 7.82. The Balaban J connectivity index is 2.57. The molecule has 0 heterocycles. The summed E-state index contributed by atoms with van der Waals surface area (Å²) in [4.78, 5) is 11.7. The molecule has 0 radical (unpaired) electrons. The van der Waals surface area contributed by atoms with Crippen molar-refractivity contribution >= 4 is 21.7 Å². The van der Waals surface area contributed by atoms with Gasteiger partial charge in [-0.1, -0.05) is 6.07 Å². The van der Waals surface area contributed by atoms with Gasteiger partial charge < -0.3 is 9.47 Å². The molecule has 0 N–H and O–H groups in total. The smallest absolute Gasteiger partial charge is 0.338 e. The van der Waals surface area contributed by atoms with Gasteiger partial charge in [0.1, 0.15) is 0 Å². The van der Waals surface area contributed by atoms with Crippen LogP contribution in [0.4, 0.5) is 10.1 Å². The molecule has 140 valence electrons. The third kappa shape index (κ3) is 3.50. The van der Waals surface area contributed by atoms with Gasteiger partial charge >= 0.3 is 5.97 Å². The molecule has 6 nitrogen and oxygen atoms in total. The van der Waals surface area contributed by atoms with E-state index in [0.29, 0.717) is 11.3 Å². The van der Waals surface area contributed by atoms with E-state index in [1.54, 1.807) is 32.0 Å². The monoisotopic (exact) mass is 381 g/mol. The van der Waals surface area contributed by atoms with Crippen molar-refractivity contribution in [1.29, 1.82) is 0 Å². The van der Waals surface area contributed by atoms with E-state index in [1.807, 2.05) is 0 Å². The van der Waals surface area contributed by atoms with Gasteiger partial charge in [0.2, 0.25) is 0 Å². The fourth-order valence-corrected chi connectivity index (χ4v) is 4.17. The largest absolute Gasteiger partial charge is 0.494 e. The number of nitrogens with zero attached hydrogens (tertiary/aromatic N) is 1. The highest BCUT2D eigenvalue weighted by atomic mass is 32.2. The van der Waals surface area contributed by atoms with E-state index in [4.69, 9.17) is 9.47 Å². The zero-order valence-corrected chi connectivity index (χ0v) is 15.8. The predicted octanol–water partition coefficient (Wildman–Crippen LogP) is 3.14. The van der Waals surface area contributed by atoms with Crippen LogP contribution in [-0.2, 0) is 14.8 Å². The number of benzene rings is 2. The minimum absolute atomic E-state index is 0.0455. The summed E-state index contributed by atoms with van der Waals surface area (Å²) in [5.74, 6) is -1.38. The number of hydrogen-bond acceptors (Lipinski definition) is 5. The minimum Gasteiger partial charge on any atom is -0.494 e. The van der Waals surface area contributed by atoms with Crippen LogP contribution in [0.2, 0.25) is 0 Å². The molecule has 0 saturated carbocycles. The molecule has 0 aromatic heterocycles. The Labute approximate surface area is 152 Å². The van der Waals surface area contributed by atoms with Crippen molar-refractivity contribution in [2.24, 2.45) is 0 Å². The van der Waals surface area contributed by atoms with Gasteiger partial charge in [-0.15, -0.1) is 0 Å². The summed E-state index contributed by atoms with van der Waals surface area (Å²) >= 11 is 0. The first-order chi connectivity index (χ1) is 12.3. The normalized spacial score (nSPS) is 11.1. The molecule has 0 fully saturated rings. The quantitative estimate of drug-likeness (QED) is 0.719. The van der Waals surface area contributed by atoms with Crippen LogP contribution in [0.15, 0.2) is 41.3 Å². The summed E-state index contributed by atoms with van der Waals surface area (Å²) in [5.41, 5.74) is 1.05. The second kappa shape index (κ2) is 7.74. The lowest BCUT2D eigenvalue weighted by atomic mass is 10.1. The number of anilines is 1. The van der Waals surface area contributed by atoms with E-state index in [2.05, 4.69) is 0 Å². The van der Waals surface area contributed by atoms with E-state index in [9.17, 15) is 17.6 Å². The Hall–Kier alpha value is -2.61. The van der Waals surface area contributed by atoms with Gasteiger partial charge in [0.25, 0.3) is 10.0 Å². The van der Waals surface area contributed by atoms with Crippen molar-refractivity contribution in [1.82, 2.24) is 0 Å². The van der Waals surface area contributed by atoms with Crippen molar-refractivity contribution < 1.29 is 27.1 Å². The predicted molar refractivity (Wildman–Crippen MR) is 95.7 cm³/mol. The average molecular weight is 381 g/mol. The number of carbonyl (C=O) groups is 1. The number of carbonyl (C=O) groups excluding carboxylic acids is 1. The lowest BCUT2D eigenvalue weighted by Crippen LogP contribution is -2.31. The SMILES string of the molecule is CCN(c1cccc(C(=O)OC)c1C)S(=O)(=O)c1ccc(OC)c(F)c1. The summed E-state index contributed by atoms with van der Waals surface area (Å²) in [7, 11) is -1.49. The molecule has 0 bridgehead atoms. The summed E-state index contributed by atoms with van der Waals surface area (Å²) in [5, 5.41) is 0. The van der Waals surface area contributed by atoms with Gasteiger partial charge in [0, 0.05) is 6.54 Å². The zero-order chi connectivity index (χ0) is 19.5. The molecule has 0 amide bonds. The summed E-state index contributed by atoms with van der Waals surface area (Å²) in [6.45, 7) is 3.39. The number of ether oxygens (including phenoxy) is 2. The molecular weight excluding hydrogens is 361 g/mol. The molecule has 2 aromatic rings. The standard InChI is InChI=1S/C18H20FNO5S/c1-5-20(16-8-6-7-14(12(16)2)18(21)25-4)26(22,23)13-9-10-17(24-3)15(19)11-13/h6-11H,5H2,1-4H3. The van der Waals surface area contributed by atoms with Crippen LogP contribution in [0, 0.1) is 12.7 Å². The first-order valence-corrected chi connectivity index (χ1v) is 9.26. The maximum absolute atomic E-state index is 14.0. The molecule has 2 rings (SSSR count). The summed E-state index contributed by atoms with van der Waals surface area (Å²) < 4.78 is 50.7. The average Bonchev–Trinajstić information content (AvgIpc) is 2.62. The van der Waals surface area contributed by atoms with E-state index < -0.39 is 21.8 Å². The third-order valence-electron chi connectivity index (χ3n) is 3.98. The van der Waals surface area contributed by atoms with Gasteiger partial charge in [0.15, 0.2) is 11.6 Å². The first kappa shape index (κ1) is 19.7. The molecule has 0 aliphatic carbocycles. The molecule has 26 heavy (non-hydrogen) atoms. The number of methoxy groups -OCH3 is 2. The molecule has 0 spiro atoms. The van der Waals surface area contributed by atoms with Crippen molar-refractivity contribution in [3.8, 4) is 5.75 Å². The Bertz CT molecular complexity index is 927. The van der Waals surface area contributed by atoms with Crippen LogP contribution in [0.25, 0.3) is 0 Å². The van der Waals surface area contributed by atoms with Crippen LogP contribution < -0.4 is 9.04 Å². The lowest BCUT2D eigenvalue weighted by Gasteiger charge is -2.25. The number of esters is 1. The maximum atomic E-state index is 14.0. The van der Waals surface area contributed by atoms with Gasteiger partial charge in [-0.05, 0) is 49.7 Å². The van der Waals surface area contributed by atoms with E-state index in [1.165, 1.54) is 26.4 Å². The van der Waals surface area contributed by atoms with Crippen molar-refractivity contribution in [3.63, 3.8) is 0 Å². The van der Waals surface area contributed by atoms with Crippen molar-refractivity contribution in [2.45, 2.75) is 18.7 Å². The van der Waals surface area contributed by atoms with Crippen molar-refractivity contribution in [3.05, 3.63) is 53.3 Å². The van der Waals surface area contributed by atoms with Crippen LogP contribution in [0.3, 0.4) is 0 Å². The van der Waals surface area contributed by atoms with Gasteiger partial charge in [-0.3, -0.25) is 4.31 Å². The Morgan fingerprint density at radius 3 is 2.42 bits per heavy atom. The Morgan fingerprint density at radius 2 is 1.88 bits per heavy atom. The van der Waals surface area contributed by atoms with Crippen LogP contribution >= 0.6 is 0 Å². The van der Waals surface area contributed by atoms with Crippen LogP contribution in [0.1, 0.15) is 22.8 Å². The van der Waals surface area contributed by atoms with E-state index in [-0.39, 0.29) is 22.8 Å². The fourth-order valence-electron chi connectivity index (χ4n) is 2.63. The molecule has 0 saturated heterocycles. The number of rotatable bonds is 6. The highest BCUT2D eigenvalue weighted by Gasteiger charge is 2.27. The van der Waals surface area contributed by atoms with Crippen LogP contribution in [0.5, 0.6) is 5.75 Å². The second-order valence-corrected chi connectivity index (χ2v) is 7.27. The second-order valence-electron chi connectivity index (χ2n) is 5.41. The highest BCUT2D eigenvalue weighted by Crippen LogP contribution is 2.30. The number of hydrogen-bond donors (Lipinski definition) is 0. The molecule has 0 aliphatic heterocycles. The third-order valence-corrected chi connectivity index (χ3v) is 5.86. The zero-order valence-electron chi connectivity index (χ0n) is 14.9. The summed E-state index contributed by atoms with van der Waals surface area (Å²) in [6.07, 6.45) is 0. The molecular formula is C18H20FNO5S. The highest BCUT2D eigenvalue weighted by molar-refractivity contribution is 7.92. The van der Waals surface area contributed by atoms with Gasteiger partial charge in [0.05, 0.1) is 30.4 Å². The number of sulfonamides is 1. The fraction of sp³-hybridized carbons (Fsp3) is 0.278. The Kier molecular flexibility index (Phi) is 5.86. The topological polar surface area (TPSA) is 72.9 Å². The maximum Gasteiger partial charge on any atom is 0.338 e. The lowest BCUT2D eigenvalue weighted by molar-refractivity contribution is 0.0600. The summed E-state index contributed by atoms with van der Waals surface area (Å²) in [6, 6.07) is 8.16. The molecule has 2 aromatic carbocycles. The van der Waals surface area contributed by atoms with E-state index >= 15 is 0 Å².